The molecule has 1 aromatic heterocycles. The number of rotatable bonds is 5. The van der Waals surface area contributed by atoms with Gasteiger partial charge in [0.15, 0.2) is 6.61 Å². The summed E-state index contributed by atoms with van der Waals surface area (Å²) in [6, 6.07) is 14.4. The Labute approximate surface area is 175 Å². The van der Waals surface area contributed by atoms with Gasteiger partial charge in [-0.3, -0.25) is 4.79 Å². The number of hydrogen-bond donors (Lipinski definition) is 1. The van der Waals surface area contributed by atoms with E-state index < -0.39 is 24.3 Å². The second-order valence-electron chi connectivity index (χ2n) is 6.40. The third-order valence-electron chi connectivity index (χ3n) is 4.46. The normalized spacial score (nSPS) is 10.9. The zero-order valence-corrected chi connectivity index (χ0v) is 16.5. The summed E-state index contributed by atoms with van der Waals surface area (Å²) in [5.74, 6) is -2.00. The Bertz CT molecular complexity index is 1280. The quantitative estimate of drug-likeness (QED) is 0.444. The number of nitrogens with one attached hydrogen (secondary N) is 1. The minimum atomic E-state index is -0.996. The number of hydrogen-bond acceptors (Lipinski definition) is 5. The highest BCUT2D eigenvalue weighted by Gasteiger charge is 2.17. The summed E-state index contributed by atoms with van der Waals surface area (Å²) in [5.41, 5.74) is 1.26. The van der Waals surface area contributed by atoms with Gasteiger partial charge in [-0.2, -0.15) is 0 Å². The van der Waals surface area contributed by atoms with E-state index in [1.807, 2.05) is 24.3 Å². The number of esters is 1. The first-order valence-corrected chi connectivity index (χ1v) is 9.25. The molecule has 0 bridgehead atoms. The number of furan rings is 1. The molecule has 0 spiro atoms. The number of fused-ring (bicyclic) bond motifs is 3. The van der Waals surface area contributed by atoms with Crippen molar-refractivity contribution in [1.82, 2.24) is 0 Å². The van der Waals surface area contributed by atoms with E-state index in [0.717, 1.165) is 22.9 Å². The fourth-order valence-electron chi connectivity index (χ4n) is 3.07. The van der Waals surface area contributed by atoms with Crippen LogP contribution in [0.15, 0.2) is 59.0 Å². The molecule has 3 aromatic carbocycles. The molecule has 1 amide bonds. The lowest BCUT2D eigenvalue weighted by Gasteiger charge is -2.11. The highest BCUT2D eigenvalue weighted by atomic mass is 35.5. The Balaban J connectivity index is 1.51. The first-order chi connectivity index (χ1) is 14.5. The molecule has 4 rings (SSSR count). The van der Waals surface area contributed by atoms with Gasteiger partial charge in [-0.25, -0.2) is 9.18 Å². The summed E-state index contributed by atoms with van der Waals surface area (Å²) in [6.45, 7) is -0.619. The van der Waals surface area contributed by atoms with Crippen LogP contribution in [-0.4, -0.2) is 25.6 Å². The maximum Gasteiger partial charge on any atom is 0.341 e. The smallest absolute Gasteiger partial charge is 0.341 e. The Morgan fingerprint density at radius 3 is 2.67 bits per heavy atom. The van der Waals surface area contributed by atoms with Crippen molar-refractivity contribution in [3.05, 3.63) is 71.0 Å². The second kappa shape index (κ2) is 8.04. The van der Waals surface area contributed by atoms with Crippen LogP contribution in [0.25, 0.3) is 21.9 Å². The Morgan fingerprint density at radius 1 is 1.07 bits per heavy atom. The summed E-state index contributed by atoms with van der Waals surface area (Å²) < 4.78 is 29.8. The molecule has 0 radical (unpaired) electrons. The third-order valence-corrected chi connectivity index (χ3v) is 4.69. The van der Waals surface area contributed by atoms with E-state index in [2.05, 4.69) is 5.32 Å². The first kappa shape index (κ1) is 19.7. The second-order valence-corrected chi connectivity index (χ2v) is 6.83. The Morgan fingerprint density at radius 2 is 1.87 bits per heavy atom. The fraction of sp³-hybridized carbons (Fsp3) is 0.0909. The molecule has 0 fully saturated rings. The average Bonchev–Trinajstić information content (AvgIpc) is 3.10. The number of methoxy groups -OCH3 is 1. The van der Waals surface area contributed by atoms with E-state index >= 15 is 0 Å². The van der Waals surface area contributed by atoms with Crippen LogP contribution in [0, 0.1) is 5.82 Å². The Hall–Kier alpha value is -3.58. The number of carbonyl (C=O) groups is 2. The van der Waals surface area contributed by atoms with Crippen LogP contribution in [0.4, 0.5) is 10.1 Å². The van der Waals surface area contributed by atoms with Crippen molar-refractivity contribution in [1.29, 1.82) is 0 Å². The molecule has 0 unspecified atom stereocenters. The van der Waals surface area contributed by atoms with Crippen molar-refractivity contribution in [2.45, 2.75) is 0 Å². The van der Waals surface area contributed by atoms with Gasteiger partial charge < -0.3 is 19.2 Å². The maximum absolute atomic E-state index is 13.7. The predicted molar refractivity (Wildman–Crippen MR) is 111 cm³/mol. The fourth-order valence-corrected chi connectivity index (χ4v) is 3.24. The van der Waals surface area contributed by atoms with Crippen LogP contribution in [0.3, 0.4) is 0 Å². The molecule has 0 saturated heterocycles. The van der Waals surface area contributed by atoms with E-state index in [1.54, 1.807) is 12.1 Å². The van der Waals surface area contributed by atoms with Gasteiger partial charge in [0.1, 0.15) is 22.7 Å². The van der Waals surface area contributed by atoms with Crippen LogP contribution in [0.1, 0.15) is 10.4 Å². The standard InChI is InChI=1S/C22H15ClFNO5/c1-28-20-9-14-13-4-2-3-5-18(13)30-19(14)10-17(20)25-21(26)11-29-22(27)15-8-12(23)6-7-16(15)24/h2-10H,11H2,1H3,(H,25,26). The molecule has 0 atom stereocenters. The summed E-state index contributed by atoms with van der Waals surface area (Å²) in [4.78, 5) is 24.3. The monoisotopic (exact) mass is 427 g/mol. The highest BCUT2D eigenvalue weighted by molar-refractivity contribution is 6.30. The van der Waals surface area contributed by atoms with Crippen LogP contribution in [0.5, 0.6) is 5.75 Å². The zero-order valence-electron chi connectivity index (χ0n) is 15.7. The molecule has 1 heterocycles. The van der Waals surface area contributed by atoms with Crippen LogP contribution >= 0.6 is 11.6 Å². The van der Waals surface area contributed by atoms with Crippen molar-refractivity contribution in [2.75, 3.05) is 19.0 Å². The molecule has 152 valence electrons. The summed E-state index contributed by atoms with van der Waals surface area (Å²) in [7, 11) is 1.47. The number of anilines is 1. The molecule has 0 aliphatic rings. The van der Waals surface area contributed by atoms with Crippen LogP contribution < -0.4 is 10.1 Å². The lowest BCUT2D eigenvalue weighted by Crippen LogP contribution is -2.21. The van der Waals surface area contributed by atoms with Gasteiger partial charge in [0, 0.05) is 21.9 Å². The average molecular weight is 428 g/mol. The maximum atomic E-state index is 13.7. The van der Waals surface area contributed by atoms with Gasteiger partial charge in [-0.15, -0.1) is 0 Å². The van der Waals surface area contributed by atoms with Gasteiger partial charge >= 0.3 is 5.97 Å². The third kappa shape index (κ3) is 3.79. The summed E-state index contributed by atoms with van der Waals surface area (Å²) in [5, 5.41) is 4.54. The van der Waals surface area contributed by atoms with Gasteiger partial charge in [-0.05, 0) is 30.3 Å². The minimum Gasteiger partial charge on any atom is -0.495 e. The van der Waals surface area contributed by atoms with E-state index in [9.17, 15) is 14.0 Å². The SMILES string of the molecule is COc1cc2c(cc1NC(=O)COC(=O)c1cc(Cl)ccc1F)oc1ccccc12. The topological polar surface area (TPSA) is 77.8 Å². The largest absolute Gasteiger partial charge is 0.495 e. The number of ether oxygens (including phenoxy) is 2. The van der Waals surface area contributed by atoms with E-state index in [0.29, 0.717) is 22.6 Å². The first-order valence-electron chi connectivity index (χ1n) is 8.87. The van der Waals surface area contributed by atoms with Gasteiger partial charge in [0.2, 0.25) is 0 Å². The molecule has 0 aliphatic carbocycles. The van der Waals surface area contributed by atoms with Gasteiger partial charge in [0.25, 0.3) is 5.91 Å². The van der Waals surface area contributed by atoms with Crippen LogP contribution in [-0.2, 0) is 9.53 Å². The molecule has 8 heteroatoms. The van der Waals surface area contributed by atoms with Crippen molar-refractivity contribution >= 4 is 51.1 Å². The molecule has 1 N–H and O–H groups in total. The number of carbonyl (C=O) groups excluding carboxylic acids is 2. The predicted octanol–water partition coefficient (Wildman–Crippen LogP) is 5.18. The van der Waals surface area contributed by atoms with E-state index in [1.165, 1.54) is 13.2 Å². The minimum absolute atomic E-state index is 0.177. The number of halogens is 2. The highest BCUT2D eigenvalue weighted by Crippen LogP contribution is 2.36. The lowest BCUT2D eigenvalue weighted by molar-refractivity contribution is -0.119. The van der Waals surface area contributed by atoms with Gasteiger partial charge in [-0.1, -0.05) is 29.8 Å². The molecule has 0 aliphatic heterocycles. The number of para-hydroxylation sites is 1. The summed E-state index contributed by atoms with van der Waals surface area (Å²) in [6.07, 6.45) is 0. The lowest BCUT2D eigenvalue weighted by atomic mass is 10.1. The number of benzene rings is 3. The van der Waals surface area contributed by atoms with Crippen LogP contribution in [0.2, 0.25) is 5.02 Å². The van der Waals surface area contributed by atoms with E-state index in [-0.39, 0.29) is 10.6 Å². The molecule has 6 nitrogen and oxygen atoms in total. The van der Waals surface area contributed by atoms with Gasteiger partial charge in [0.05, 0.1) is 18.4 Å². The van der Waals surface area contributed by atoms with Crippen molar-refractivity contribution in [3.8, 4) is 5.75 Å². The molecule has 30 heavy (non-hydrogen) atoms. The van der Waals surface area contributed by atoms with E-state index in [4.69, 9.17) is 25.5 Å². The molecule has 4 aromatic rings. The molecule has 0 saturated carbocycles. The van der Waals surface area contributed by atoms with Crippen molar-refractivity contribution in [2.24, 2.45) is 0 Å². The Kier molecular flexibility index (Phi) is 5.29. The van der Waals surface area contributed by atoms with Crippen molar-refractivity contribution in [3.63, 3.8) is 0 Å². The molecular formula is C22H15ClFNO5. The molecular weight excluding hydrogens is 413 g/mol. The summed E-state index contributed by atoms with van der Waals surface area (Å²) >= 11 is 5.76. The zero-order chi connectivity index (χ0) is 21.3. The number of amides is 1. The van der Waals surface area contributed by atoms with Crippen molar-refractivity contribution < 1.29 is 27.9 Å².